The van der Waals surface area contributed by atoms with Crippen molar-refractivity contribution in [1.82, 2.24) is 29.3 Å². The van der Waals surface area contributed by atoms with Crippen LogP contribution in [0.5, 0.6) is 0 Å². The van der Waals surface area contributed by atoms with E-state index >= 15 is 4.39 Å². The van der Waals surface area contributed by atoms with Gasteiger partial charge in [-0.05, 0) is 68.7 Å². The zero-order valence-electron chi connectivity index (χ0n) is 30.0. The van der Waals surface area contributed by atoms with Crippen molar-refractivity contribution in [3.63, 3.8) is 0 Å². The SMILES string of the molecule is Cc1nc2c(F)c(-c3cccc(Cl)c3Cl)c(CCC#N)cc2c2c1cc([C@H]1[C@H]3C[C@H](CN(c4cc(=O)n(C)cn4)C3)N1C(=O)C1CC1)n2[C@H]1[C@H]2CN[C@@H]1C2. The largest absolute Gasteiger partial charge is 0.354 e. The van der Waals surface area contributed by atoms with Gasteiger partial charge in [0.05, 0.1) is 46.1 Å². The number of nitriles is 1. The van der Waals surface area contributed by atoms with Gasteiger partial charge in [-0.25, -0.2) is 14.4 Å². The molecule has 2 aliphatic carbocycles. The summed E-state index contributed by atoms with van der Waals surface area (Å²) in [5, 5.41) is 15.6. The van der Waals surface area contributed by atoms with Gasteiger partial charge in [0, 0.05) is 90.3 Å². The zero-order valence-corrected chi connectivity index (χ0v) is 31.5. The van der Waals surface area contributed by atoms with E-state index in [9.17, 15) is 14.9 Å². The van der Waals surface area contributed by atoms with E-state index in [4.69, 9.17) is 28.2 Å². The number of piperidine rings is 1. The minimum Gasteiger partial charge on any atom is -0.354 e. The van der Waals surface area contributed by atoms with Gasteiger partial charge in [-0.1, -0.05) is 35.3 Å². The van der Waals surface area contributed by atoms with Gasteiger partial charge >= 0.3 is 0 Å². The Morgan fingerprint density at radius 3 is 2.67 bits per heavy atom. The summed E-state index contributed by atoms with van der Waals surface area (Å²) in [6, 6.07) is 13.4. The minimum atomic E-state index is -0.488. The molecule has 1 amide bonds. The molecule has 0 radical (unpaired) electrons. The van der Waals surface area contributed by atoms with Crippen molar-refractivity contribution in [1.29, 1.82) is 5.26 Å². The zero-order chi connectivity index (χ0) is 37.2. The monoisotopic (exact) mass is 764 g/mol. The number of nitrogens with one attached hydrogen (secondary N) is 1. The predicted molar refractivity (Wildman–Crippen MR) is 206 cm³/mol. The number of benzene rings is 2. The molecule has 4 aliphatic heterocycles. The van der Waals surface area contributed by atoms with Crippen LogP contribution >= 0.6 is 23.2 Å². The Balaban J connectivity index is 1.21. The lowest BCUT2D eigenvalue weighted by atomic mass is 9.79. The van der Waals surface area contributed by atoms with E-state index in [-0.39, 0.29) is 64.4 Å². The normalized spacial score (nSPS) is 25.8. The molecule has 54 heavy (non-hydrogen) atoms. The maximum Gasteiger partial charge on any atom is 0.255 e. The molecule has 7 heterocycles. The second kappa shape index (κ2) is 12.5. The fourth-order valence-corrected chi connectivity index (χ4v) is 10.5. The number of pyridine rings is 1. The molecule has 5 aromatic rings. The first-order valence-corrected chi connectivity index (χ1v) is 19.7. The molecule has 6 aliphatic rings. The molecule has 276 valence electrons. The second-order valence-corrected chi connectivity index (χ2v) is 16.8. The Morgan fingerprint density at radius 1 is 1.11 bits per heavy atom. The topological polar surface area (TPSA) is 112 Å². The van der Waals surface area contributed by atoms with Crippen LogP contribution in [-0.4, -0.2) is 61.6 Å². The van der Waals surface area contributed by atoms with Crippen molar-refractivity contribution in [2.75, 3.05) is 24.5 Å². The van der Waals surface area contributed by atoms with E-state index in [2.05, 4.69) is 36.8 Å². The Bertz CT molecular complexity index is 2510. The molecule has 2 aromatic carbocycles. The lowest BCUT2D eigenvalue weighted by molar-refractivity contribution is -0.135. The Hall–Kier alpha value is -4.50. The number of fused-ring (bicyclic) bond motifs is 6. The number of amides is 1. The van der Waals surface area contributed by atoms with E-state index < -0.39 is 5.82 Å². The average Bonchev–Trinajstić information content (AvgIpc) is 3.44. The highest BCUT2D eigenvalue weighted by Crippen LogP contribution is 2.54. The summed E-state index contributed by atoms with van der Waals surface area (Å²) in [4.78, 5) is 41.0. The summed E-state index contributed by atoms with van der Waals surface area (Å²) in [5.74, 6) is 0.860. The van der Waals surface area contributed by atoms with Crippen molar-refractivity contribution >= 4 is 56.7 Å². The molecule has 4 bridgehead atoms. The van der Waals surface area contributed by atoms with Gasteiger partial charge in [0.1, 0.15) is 11.3 Å². The summed E-state index contributed by atoms with van der Waals surface area (Å²) in [7, 11) is 1.69. The number of carbonyl (C=O) groups is 1. The van der Waals surface area contributed by atoms with E-state index in [1.165, 1.54) is 4.57 Å². The van der Waals surface area contributed by atoms with Gasteiger partial charge in [0.25, 0.3) is 5.56 Å². The number of nitrogens with zero attached hydrogens (tertiary/aromatic N) is 7. The average molecular weight is 766 g/mol. The van der Waals surface area contributed by atoms with Crippen molar-refractivity contribution in [3.05, 3.63) is 85.9 Å². The summed E-state index contributed by atoms with van der Waals surface area (Å²) >= 11 is 13.2. The molecule has 2 saturated carbocycles. The second-order valence-electron chi connectivity index (χ2n) is 16.0. The van der Waals surface area contributed by atoms with Gasteiger partial charge in [-0.3, -0.25) is 9.59 Å². The van der Waals surface area contributed by atoms with E-state index in [0.717, 1.165) is 48.8 Å². The number of carbonyl (C=O) groups excluding carboxylic acids is 1. The molecular weight excluding hydrogens is 726 g/mol. The first kappa shape index (κ1) is 34.0. The van der Waals surface area contributed by atoms with Crippen LogP contribution in [0.25, 0.3) is 32.9 Å². The van der Waals surface area contributed by atoms with Gasteiger partial charge in [-0.2, -0.15) is 5.26 Å². The molecule has 0 unspecified atom stereocenters. The quantitative estimate of drug-likeness (QED) is 0.192. The van der Waals surface area contributed by atoms with Crippen molar-refractivity contribution in [2.24, 2.45) is 24.8 Å². The molecule has 6 atom stereocenters. The minimum absolute atomic E-state index is 0.0274. The van der Waals surface area contributed by atoms with Crippen LogP contribution in [0.15, 0.2) is 47.5 Å². The van der Waals surface area contributed by atoms with Crippen molar-refractivity contribution < 1.29 is 9.18 Å². The lowest BCUT2D eigenvalue weighted by Crippen LogP contribution is -2.45. The summed E-state index contributed by atoms with van der Waals surface area (Å²) in [6.45, 7) is 4.09. The molecule has 1 N–H and O–H groups in total. The standard InChI is InChI=1S/C41H39Cl2FN8O2/c1-20-27-14-31(39-24-11-25(51(39)41(54)21-8-9-21)18-50(17-24)32-15-33(53)49(2)19-47-32)52(38-23-13-30(38)46-16-23)40(27)28-12-22(5-4-10-45)34(36(44)37(28)48-20)26-6-3-7-29(42)35(26)43/h3,6-7,12,14-15,19,21,23-25,30,38-39,46H,4-5,8-9,11,13,16-18H2,1-2H3/t23-,24+,25-,30-,38+,39-/m1/s1. The Morgan fingerprint density at radius 2 is 1.94 bits per heavy atom. The summed E-state index contributed by atoms with van der Waals surface area (Å²) < 4.78 is 21.2. The molecule has 4 saturated heterocycles. The van der Waals surface area contributed by atoms with Gasteiger partial charge in [0.15, 0.2) is 5.82 Å². The highest BCUT2D eigenvalue weighted by Gasteiger charge is 2.55. The lowest BCUT2D eigenvalue weighted by Gasteiger charge is -2.40. The highest BCUT2D eigenvalue weighted by molar-refractivity contribution is 6.43. The van der Waals surface area contributed by atoms with E-state index in [1.807, 2.05) is 13.0 Å². The highest BCUT2D eigenvalue weighted by atomic mass is 35.5. The number of aromatic nitrogens is 4. The van der Waals surface area contributed by atoms with Crippen LogP contribution in [0.4, 0.5) is 10.2 Å². The van der Waals surface area contributed by atoms with Crippen molar-refractivity contribution in [3.8, 4) is 17.2 Å². The first-order valence-electron chi connectivity index (χ1n) is 18.9. The van der Waals surface area contributed by atoms with Crippen LogP contribution in [0.3, 0.4) is 0 Å². The number of anilines is 1. The Labute approximate surface area is 321 Å². The number of aryl methyl sites for hydroxylation is 3. The molecule has 11 rings (SSSR count). The number of likely N-dealkylation sites (tertiary alicyclic amines) is 1. The smallest absolute Gasteiger partial charge is 0.255 e. The number of rotatable bonds is 7. The molecule has 3 aromatic heterocycles. The maximum absolute atomic E-state index is 17.3. The van der Waals surface area contributed by atoms with Crippen LogP contribution in [-0.2, 0) is 18.3 Å². The van der Waals surface area contributed by atoms with Gasteiger partial charge in [0.2, 0.25) is 5.91 Å². The third kappa shape index (κ3) is 5.06. The van der Waals surface area contributed by atoms with Crippen LogP contribution in [0, 0.1) is 41.8 Å². The maximum atomic E-state index is 17.3. The van der Waals surface area contributed by atoms with Crippen LogP contribution < -0.4 is 15.8 Å². The number of hydrogen-bond donors (Lipinski definition) is 1. The molecule has 10 nitrogen and oxygen atoms in total. The fraction of sp³-hybridized carbons (Fsp3) is 0.439. The van der Waals surface area contributed by atoms with Crippen LogP contribution in [0.1, 0.15) is 61.1 Å². The van der Waals surface area contributed by atoms with E-state index in [1.54, 1.807) is 37.6 Å². The van der Waals surface area contributed by atoms with Crippen LogP contribution in [0.2, 0.25) is 10.0 Å². The third-order valence-corrected chi connectivity index (χ3v) is 13.6. The van der Waals surface area contributed by atoms with E-state index in [0.29, 0.717) is 64.0 Å². The molecule has 13 heteroatoms. The summed E-state index contributed by atoms with van der Waals surface area (Å²) in [6.07, 6.45) is 5.80. The third-order valence-electron chi connectivity index (χ3n) is 12.8. The molecule has 6 fully saturated rings. The first-order chi connectivity index (χ1) is 26.1. The van der Waals surface area contributed by atoms with Gasteiger partial charge in [-0.15, -0.1) is 0 Å². The van der Waals surface area contributed by atoms with Gasteiger partial charge < -0.3 is 24.3 Å². The predicted octanol–water partition coefficient (Wildman–Crippen LogP) is 6.88. The summed E-state index contributed by atoms with van der Waals surface area (Å²) in [5.41, 5.74) is 4.26. The molecular formula is C41H39Cl2FN8O2. The number of hydrogen-bond acceptors (Lipinski definition) is 7. The van der Waals surface area contributed by atoms with Crippen molar-refractivity contribution in [2.45, 2.75) is 69.6 Å². The molecule has 0 spiro atoms. The number of halogens is 3. The fourth-order valence-electron chi connectivity index (χ4n) is 10.1. The Kier molecular flexibility index (Phi) is 7.89.